The number of rotatable bonds is 4. The molecule has 1 aromatic heterocycles. The lowest BCUT2D eigenvalue weighted by atomic mass is 10.1. The number of benzene rings is 2. The van der Waals surface area contributed by atoms with Crippen molar-refractivity contribution in [2.45, 2.75) is 0 Å². The Balaban J connectivity index is 1.89. The molecule has 0 saturated heterocycles. The first-order valence-corrected chi connectivity index (χ1v) is 6.72. The maximum Gasteiger partial charge on any atom is 0.259 e. The first-order valence-electron chi connectivity index (χ1n) is 6.72. The number of nitrogens with one attached hydrogen (secondary N) is 1. The van der Waals surface area contributed by atoms with E-state index in [9.17, 15) is 9.18 Å². The second-order valence-corrected chi connectivity index (χ2v) is 4.63. The van der Waals surface area contributed by atoms with Gasteiger partial charge >= 0.3 is 0 Å². The molecule has 3 rings (SSSR count). The highest BCUT2D eigenvalue weighted by Gasteiger charge is 2.18. The Labute approximate surface area is 130 Å². The quantitative estimate of drug-likeness (QED) is 0.800. The van der Waals surface area contributed by atoms with E-state index in [0.29, 0.717) is 17.0 Å². The zero-order chi connectivity index (χ0) is 16.2. The highest BCUT2D eigenvalue weighted by molar-refractivity contribution is 6.05. The summed E-state index contributed by atoms with van der Waals surface area (Å²) in [7, 11) is 1.54. The minimum absolute atomic E-state index is 0.0907. The number of ether oxygens (including phenoxy) is 1. The van der Waals surface area contributed by atoms with Gasteiger partial charge < -0.3 is 10.1 Å². The molecule has 0 radical (unpaired) electrons. The molecule has 1 N–H and O–H groups in total. The van der Waals surface area contributed by atoms with E-state index < -0.39 is 11.7 Å². The van der Waals surface area contributed by atoms with Gasteiger partial charge in [-0.3, -0.25) is 4.79 Å². The molecule has 2 aromatic carbocycles. The number of methoxy groups -OCH3 is 1. The Bertz CT molecular complexity index is 848. The maximum absolute atomic E-state index is 13.7. The number of hydrogen-bond acceptors (Lipinski definition) is 5. The summed E-state index contributed by atoms with van der Waals surface area (Å²) in [5.41, 5.74) is 0.884. The Morgan fingerprint density at radius 1 is 1.17 bits per heavy atom. The zero-order valence-corrected chi connectivity index (χ0v) is 12.1. The van der Waals surface area contributed by atoms with Crippen LogP contribution in [0.3, 0.4) is 0 Å². The molecule has 3 aromatic rings. The number of aromatic nitrogens is 2. The predicted molar refractivity (Wildman–Crippen MR) is 80.6 cm³/mol. The highest BCUT2D eigenvalue weighted by atomic mass is 19.1. The van der Waals surface area contributed by atoms with Crippen molar-refractivity contribution in [3.8, 4) is 17.0 Å². The smallest absolute Gasteiger partial charge is 0.259 e. The molecule has 0 unspecified atom stereocenters. The van der Waals surface area contributed by atoms with E-state index in [1.165, 1.54) is 18.2 Å². The number of anilines is 1. The van der Waals surface area contributed by atoms with Gasteiger partial charge in [-0.2, -0.15) is 0 Å². The number of nitrogens with zero attached hydrogens (tertiary/aromatic N) is 2. The second kappa shape index (κ2) is 6.27. The van der Waals surface area contributed by atoms with Crippen LogP contribution in [0.5, 0.6) is 5.75 Å². The van der Waals surface area contributed by atoms with Crippen LogP contribution in [0.1, 0.15) is 10.4 Å². The second-order valence-electron chi connectivity index (χ2n) is 4.63. The minimum Gasteiger partial charge on any atom is -0.497 e. The van der Waals surface area contributed by atoms with Gasteiger partial charge in [-0.25, -0.2) is 9.02 Å². The molecule has 23 heavy (non-hydrogen) atoms. The maximum atomic E-state index is 13.7. The lowest BCUT2D eigenvalue weighted by Gasteiger charge is -2.05. The van der Waals surface area contributed by atoms with Crippen LogP contribution in [0.25, 0.3) is 11.3 Å². The van der Waals surface area contributed by atoms with Gasteiger partial charge in [0.15, 0.2) is 5.69 Å². The third kappa shape index (κ3) is 3.03. The molecule has 1 heterocycles. The average Bonchev–Trinajstić information content (AvgIpc) is 3.03. The van der Waals surface area contributed by atoms with Crippen LogP contribution in [-0.4, -0.2) is 23.3 Å². The van der Waals surface area contributed by atoms with Gasteiger partial charge in [0, 0.05) is 5.56 Å². The third-order valence-corrected chi connectivity index (χ3v) is 3.18. The van der Waals surface area contributed by atoms with Gasteiger partial charge in [-0.05, 0) is 34.6 Å². The Kier molecular flexibility index (Phi) is 4.01. The third-order valence-electron chi connectivity index (χ3n) is 3.18. The normalized spacial score (nSPS) is 10.3. The molecule has 0 saturated carbocycles. The summed E-state index contributed by atoms with van der Waals surface area (Å²) in [6.45, 7) is 0. The average molecular weight is 313 g/mol. The van der Waals surface area contributed by atoms with Gasteiger partial charge in [-0.1, -0.05) is 24.3 Å². The molecule has 0 atom stereocenters. The molecule has 0 aliphatic heterocycles. The van der Waals surface area contributed by atoms with Gasteiger partial charge in [0.2, 0.25) is 5.82 Å². The SMILES string of the molecule is COc1cccc(-c2nonc2NC(=O)c2ccccc2F)c1. The van der Waals surface area contributed by atoms with Crippen LogP contribution >= 0.6 is 0 Å². The van der Waals surface area contributed by atoms with Crippen molar-refractivity contribution in [1.29, 1.82) is 0 Å². The van der Waals surface area contributed by atoms with E-state index in [0.717, 1.165) is 0 Å². The number of hydrogen-bond donors (Lipinski definition) is 1. The molecule has 7 heteroatoms. The fourth-order valence-electron chi connectivity index (χ4n) is 2.05. The topological polar surface area (TPSA) is 77.2 Å². The summed E-state index contributed by atoms with van der Waals surface area (Å²) in [6.07, 6.45) is 0. The standard InChI is InChI=1S/C16H12FN3O3/c1-22-11-6-4-5-10(9-11)14-15(20-23-19-14)18-16(21)12-7-2-3-8-13(12)17/h2-9H,1H3,(H,18,20,21). The molecule has 0 spiro atoms. The van der Waals surface area contributed by atoms with Gasteiger partial charge in [0.25, 0.3) is 5.91 Å². The molecular formula is C16H12FN3O3. The van der Waals surface area contributed by atoms with Gasteiger partial charge in [0.1, 0.15) is 11.6 Å². The first-order chi connectivity index (χ1) is 11.2. The fraction of sp³-hybridized carbons (Fsp3) is 0.0625. The molecule has 1 amide bonds. The van der Waals surface area contributed by atoms with Crippen molar-refractivity contribution in [2.24, 2.45) is 0 Å². The van der Waals surface area contributed by atoms with Crippen molar-refractivity contribution in [1.82, 2.24) is 10.3 Å². The van der Waals surface area contributed by atoms with E-state index in [-0.39, 0.29) is 11.4 Å². The summed E-state index contributed by atoms with van der Waals surface area (Å²) >= 11 is 0. The summed E-state index contributed by atoms with van der Waals surface area (Å²) in [6, 6.07) is 12.7. The Morgan fingerprint density at radius 2 is 2.00 bits per heavy atom. The van der Waals surface area contributed by atoms with Crippen molar-refractivity contribution < 1.29 is 18.6 Å². The van der Waals surface area contributed by atoms with Gasteiger partial charge in [0.05, 0.1) is 12.7 Å². The molecule has 0 aliphatic carbocycles. The van der Waals surface area contributed by atoms with Crippen LogP contribution in [-0.2, 0) is 0 Å². The number of halogens is 1. The van der Waals surface area contributed by atoms with Crippen LogP contribution in [0.15, 0.2) is 53.2 Å². The zero-order valence-electron chi connectivity index (χ0n) is 12.1. The minimum atomic E-state index is -0.636. The number of carbonyl (C=O) groups excluding carboxylic acids is 1. The molecule has 0 aliphatic rings. The summed E-state index contributed by atoms with van der Waals surface area (Å²) in [5, 5.41) is 9.94. The molecule has 116 valence electrons. The molecule has 0 bridgehead atoms. The number of carbonyl (C=O) groups is 1. The molecule has 0 fully saturated rings. The predicted octanol–water partition coefficient (Wildman–Crippen LogP) is 3.14. The van der Waals surface area contributed by atoms with Crippen molar-refractivity contribution in [2.75, 3.05) is 12.4 Å². The first kappa shape index (κ1) is 14.7. The van der Waals surface area contributed by atoms with Crippen molar-refractivity contribution >= 4 is 11.7 Å². The van der Waals surface area contributed by atoms with Crippen molar-refractivity contribution in [3.05, 3.63) is 59.9 Å². The van der Waals surface area contributed by atoms with Crippen LogP contribution < -0.4 is 10.1 Å². The lowest BCUT2D eigenvalue weighted by molar-refractivity contribution is 0.102. The van der Waals surface area contributed by atoms with E-state index >= 15 is 0 Å². The van der Waals surface area contributed by atoms with Gasteiger partial charge in [-0.15, -0.1) is 0 Å². The molecule has 6 nitrogen and oxygen atoms in total. The summed E-state index contributed by atoms with van der Waals surface area (Å²) in [5.74, 6) is -0.532. The Hall–Kier alpha value is -3.22. The van der Waals surface area contributed by atoms with E-state index in [1.807, 2.05) is 0 Å². The summed E-state index contributed by atoms with van der Waals surface area (Å²) in [4.78, 5) is 12.2. The fourth-order valence-corrected chi connectivity index (χ4v) is 2.05. The van der Waals surface area contributed by atoms with Crippen molar-refractivity contribution in [3.63, 3.8) is 0 Å². The van der Waals surface area contributed by atoms with Crippen LogP contribution in [0.4, 0.5) is 10.2 Å². The lowest BCUT2D eigenvalue weighted by Crippen LogP contribution is -2.14. The van der Waals surface area contributed by atoms with E-state index in [2.05, 4.69) is 15.6 Å². The van der Waals surface area contributed by atoms with E-state index in [1.54, 1.807) is 37.4 Å². The largest absolute Gasteiger partial charge is 0.497 e. The monoisotopic (exact) mass is 313 g/mol. The van der Waals surface area contributed by atoms with Crippen LogP contribution in [0.2, 0.25) is 0 Å². The summed E-state index contributed by atoms with van der Waals surface area (Å²) < 4.78 is 23.5. The Morgan fingerprint density at radius 3 is 2.78 bits per heavy atom. The van der Waals surface area contributed by atoms with E-state index in [4.69, 9.17) is 9.37 Å². The number of amides is 1. The highest BCUT2D eigenvalue weighted by Crippen LogP contribution is 2.27. The molecular weight excluding hydrogens is 301 g/mol. The van der Waals surface area contributed by atoms with Crippen LogP contribution in [0, 0.1) is 5.82 Å².